The van der Waals surface area contributed by atoms with Crippen molar-refractivity contribution >= 4 is 28.3 Å². The highest BCUT2D eigenvalue weighted by Gasteiger charge is 2.11. The zero-order valence-corrected chi connectivity index (χ0v) is 11.1. The first kappa shape index (κ1) is 11.7. The molecule has 5 nitrogen and oxygen atoms in total. The molecular formula is C13H11N5S. The second kappa shape index (κ2) is 4.37. The standard InChI is InChI=1S/C13H11N5S/c1-8-12(19-7-16-8)6-18-11-4-9(5-14)2-3-10(11)17-13(18)15/h2-4,7H,6H2,1H3,(H2,15,17). The Hall–Kier alpha value is -2.39. The van der Waals surface area contributed by atoms with Gasteiger partial charge < -0.3 is 10.3 Å². The Kier molecular flexibility index (Phi) is 2.69. The van der Waals surface area contributed by atoms with Crippen molar-refractivity contribution in [3.05, 3.63) is 39.8 Å². The van der Waals surface area contributed by atoms with Crippen LogP contribution < -0.4 is 5.73 Å². The number of hydrogen-bond acceptors (Lipinski definition) is 5. The van der Waals surface area contributed by atoms with Gasteiger partial charge in [0.2, 0.25) is 5.95 Å². The van der Waals surface area contributed by atoms with Crippen molar-refractivity contribution in [2.75, 3.05) is 5.73 Å². The van der Waals surface area contributed by atoms with Gasteiger partial charge in [0.25, 0.3) is 0 Å². The Balaban J connectivity index is 2.15. The number of nitriles is 1. The zero-order chi connectivity index (χ0) is 13.4. The highest BCUT2D eigenvalue weighted by atomic mass is 32.1. The molecule has 0 spiro atoms. The Labute approximate surface area is 113 Å². The smallest absolute Gasteiger partial charge is 0.201 e. The average molecular weight is 269 g/mol. The van der Waals surface area contributed by atoms with Crippen LogP contribution in [0, 0.1) is 18.3 Å². The summed E-state index contributed by atoms with van der Waals surface area (Å²) in [7, 11) is 0. The molecule has 3 aromatic rings. The maximum atomic E-state index is 8.98. The first-order chi connectivity index (χ1) is 9.19. The van der Waals surface area contributed by atoms with Gasteiger partial charge in [-0.1, -0.05) is 0 Å². The number of nitrogens with zero attached hydrogens (tertiary/aromatic N) is 4. The second-order valence-corrected chi connectivity index (χ2v) is 5.17. The van der Waals surface area contributed by atoms with E-state index in [2.05, 4.69) is 16.0 Å². The molecule has 0 unspecified atom stereocenters. The van der Waals surface area contributed by atoms with E-state index in [1.54, 1.807) is 17.4 Å². The fourth-order valence-corrected chi connectivity index (χ4v) is 2.76. The molecule has 0 fully saturated rings. The van der Waals surface area contributed by atoms with E-state index in [4.69, 9.17) is 11.0 Å². The SMILES string of the molecule is Cc1ncsc1Cn1c(N)nc2ccc(C#N)cc21. The maximum absolute atomic E-state index is 8.98. The lowest BCUT2D eigenvalue weighted by Crippen LogP contribution is -2.04. The molecular weight excluding hydrogens is 258 g/mol. The number of nitrogens with two attached hydrogens (primary N) is 1. The van der Waals surface area contributed by atoms with Crippen LogP contribution in [0.1, 0.15) is 16.1 Å². The van der Waals surface area contributed by atoms with Crippen molar-refractivity contribution < 1.29 is 0 Å². The van der Waals surface area contributed by atoms with Gasteiger partial charge >= 0.3 is 0 Å². The molecule has 6 heteroatoms. The fourth-order valence-electron chi connectivity index (χ4n) is 2.00. The maximum Gasteiger partial charge on any atom is 0.201 e. The molecule has 0 aliphatic rings. The molecule has 94 valence electrons. The van der Waals surface area contributed by atoms with Gasteiger partial charge in [-0.2, -0.15) is 5.26 Å². The summed E-state index contributed by atoms with van der Waals surface area (Å²) >= 11 is 1.59. The van der Waals surface area contributed by atoms with Gasteiger partial charge in [0, 0.05) is 4.88 Å². The van der Waals surface area contributed by atoms with Crippen LogP contribution in [-0.2, 0) is 6.54 Å². The first-order valence-electron chi connectivity index (χ1n) is 5.74. The summed E-state index contributed by atoms with van der Waals surface area (Å²) in [5, 5.41) is 8.98. The van der Waals surface area contributed by atoms with Gasteiger partial charge in [-0.05, 0) is 25.1 Å². The molecule has 19 heavy (non-hydrogen) atoms. The minimum Gasteiger partial charge on any atom is -0.369 e. The molecule has 0 saturated carbocycles. The van der Waals surface area contributed by atoms with Crippen molar-refractivity contribution in [1.82, 2.24) is 14.5 Å². The van der Waals surface area contributed by atoms with Gasteiger partial charge in [-0.3, -0.25) is 0 Å². The van der Waals surface area contributed by atoms with Gasteiger partial charge in [0.05, 0.1) is 40.4 Å². The number of benzene rings is 1. The third-order valence-corrected chi connectivity index (χ3v) is 3.97. The van der Waals surface area contributed by atoms with Crippen molar-refractivity contribution in [2.45, 2.75) is 13.5 Å². The third-order valence-electron chi connectivity index (χ3n) is 3.05. The lowest BCUT2D eigenvalue weighted by Gasteiger charge is -2.05. The van der Waals surface area contributed by atoms with Crippen molar-refractivity contribution in [3.8, 4) is 6.07 Å². The van der Waals surface area contributed by atoms with Gasteiger partial charge in [0.15, 0.2) is 0 Å². The molecule has 0 atom stereocenters. The van der Waals surface area contributed by atoms with Crippen LogP contribution in [0.3, 0.4) is 0 Å². The van der Waals surface area contributed by atoms with E-state index in [-0.39, 0.29) is 0 Å². The molecule has 2 N–H and O–H groups in total. The number of rotatable bonds is 2. The van der Waals surface area contributed by atoms with Gasteiger partial charge in [0.1, 0.15) is 0 Å². The monoisotopic (exact) mass is 269 g/mol. The Morgan fingerprint density at radius 3 is 3.00 bits per heavy atom. The summed E-state index contributed by atoms with van der Waals surface area (Å²) in [4.78, 5) is 9.69. The summed E-state index contributed by atoms with van der Waals surface area (Å²) in [6.07, 6.45) is 0. The van der Waals surface area contributed by atoms with Crippen LogP contribution in [0.25, 0.3) is 11.0 Å². The van der Waals surface area contributed by atoms with Crippen LogP contribution in [0.15, 0.2) is 23.7 Å². The van der Waals surface area contributed by atoms with Gasteiger partial charge in [-0.25, -0.2) is 9.97 Å². The second-order valence-electron chi connectivity index (χ2n) is 4.23. The van der Waals surface area contributed by atoms with E-state index in [1.807, 2.05) is 29.1 Å². The molecule has 0 aliphatic heterocycles. The highest BCUT2D eigenvalue weighted by molar-refractivity contribution is 7.09. The number of aryl methyl sites for hydroxylation is 1. The fraction of sp³-hybridized carbons (Fsp3) is 0.154. The molecule has 2 heterocycles. The van der Waals surface area contributed by atoms with Crippen LogP contribution in [-0.4, -0.2) is 14.5 Å². The normalized spacial score (nSPS) is 10.7. The highest BCUT2D eigenvalue weighted by Crippen LogP contribution is 2.23. The van der Waals surface area contributed by atoms with E-state index in [1.165, 1.54) is 0 Å². The topological polar surface area (TPSA) is 80.5 Å². The van der Waals surface area contributed by atoms with E-state index < -0.39 is 0 Å². The number of aromatic nitrogens is 3. The van der Waals surface area contributed by atoms with E-state index >= 15 is 0 Å². The first-order valence-corrected chi connectivity index (χ1v) is 6.62. The van der Waals surface area contributed by atoms with Gasteiger partial charge in [-0.15, -0.1) is 11.3 Å². The molecule has 2 aromatic heterocycles. The minimum absolute atomic E-state index is 0.456. The lowest BCUT2D eigenvalue weighted by molar-refractivity contribution is 0.843. The number of thiazole rings is 1. The van der Waals surface area contributed by atoms with Crippen molar-refractivity contribution in [1.29, 1.82) is 5.26 Å². The Morgan fingerprint density at radius 1 is 1.47 bits per heavy atom. The number of imidazole rings is 1. The molecule has 0 aliphatic carbocycles. The van der Waals surface area contributed by atoms with E-state index in [0.29, 0.717) is 18.1 Å². The Morgan fingerprint density at radius 2 is 2.32 bits per heavy atom. The van der Waals surface area contributed by atoms with Crippen LogP contribution >= 0.6 is 11.3 Å². The van der Waals surface area contributed by atoms with E-state index in [9.17, 15) is 0 Å². The van der Waals surface area contributed by atoms with Crippen molar-refractivity contribution in [2.24, 2.45) is 0 Å². The van der Waals surface area contributed by atoms with Crippen molar-refractivity contribution in [3.63, 3.8) is 0 Å². The predicted molar refractivity (Wildman–Crippen MR) is 74.8 cm³/mol. The molecule has 0 saturated heterocycles. The lowest BCUT2D eigenvalue weighted by atomic mass is 10.2. The molecule has 3 rings (SSSR count). The Bertz CT molecular complexity index is 793. The number of fused-ring (bicyclic) bond motifs is 1. The van der Waals surface area contributed by atoms with Crippen LogP contribution in [0.4, 0.5) is 5.95 Å². The largest absolute Gasteiger partial charge is 0.369 e. The summed E-state index contributed by atoms with van der Waals surface area (Å²) < 4.78 is 1.91. The summed E-state index contributed by atoms with van der Waals surface area (Å²) in [6, 6.07) is 7.52. The predicted octanol–water partition coefficient (Wildman–Crippen LogP) is 2.30. The summed E-state index contributed by atoms with van der Waals surface area (Å²) in [5.41, 5.74) is 11.1. The van der Waals surface area contributed by atoms with E-state index in [0.717, 1.165) is 21.6 Å². The third kappa shape index (κ3) is 1.94. The summed E-state index contributed by atoms with van der Waals surface area (Å²) in [5.74, 6) is 0.456. The number of nitrogen functional groups attached to an aromatic ring is 1. The van der Waals surface area contributed by atoms with Crippen LogP contribution in [0.2, 0.25) is 0 Å². The molecule has 0 amide bonds. The quantitative estimate of drug-likeness (QED) is 0.774. The van der Waals surface area contributed by atoms with Crippen LogP contribution in [0.5, 0.6) is 0 Å². The number of hydrogen-bond donors (Lipinski definition) is 1. The number of anilines is 1. The molecule has 0 radical (unpaired) electrons. The summed E-state index contributed by atoms with van der Waals surface area (Å²) in [6.45, 7) is 2.61. The molecule has 0 bridgehead atoms. The zero-order valence-electron chi connectivity index (χ0n) is 10.3. The minimum atomic E-state index is 0.456. The molecule has 1 aromatic carbocycles. The average Bonchev–Trinajstić information content (AvgIpc) is 2.94.